The molecule has 1 saturated heterocycles. The average Bonchev–Trinajstić information content (AvgIpc) is 2.95. The Labute approximate surface area is 99.8 Å². The van der Waals surface area contributed by atoms with Crippen LogP contribution < -0.4 is 5.32 Å². The molecule has 0 aromatic heterocycles. The molecule has 0 aromatic rings. The lowest BCUT2D eigenvalue weighted by atomic mass is 9.80. The van der Waals surface area contributed by atoms with Gasteiger partial charge in [-0.3, -0.25) is 4.90 Å². The van der Waals surface area contributed by atoms with Gasteiger partial charge in [0, 0.05) is 31.7 Å². The predicted molar refractivity (Wildman–Crippen MR) is 67.5 cm³/mol. The van der Waals surface area contributed by atoms with Gasteiger partial charge in [-0.25, -0.2) is 0 Å². The number of rotatable bonds is 2. The molecule has 0 radical (unpaired) electrons. The first kappa shape index (κ1) is 11.0. The Kier molecular flexibility index (Phi) is 2.97. The molecule has 3 aliphatic rings. The van der Waals surface area contributed by atoms with Crippen LogP contribution in [0.4, 0.5) is 0 Å². The van der Waals surface area contributed by atoms with Crippen molar-refractivity contribution in [2.75, 3.05) is 26.2 Å². The summed E-state index contributed by atoms with van der Waals surface area (Å²) in [5.74, 6) is 2.04. The zero-order valence-electron chi connectivity index (χ0n) is 10.7. The van der Waals surface area contributed by atoms with Gasteiger partial charge in [0.1, 0.15) is 0 Å². The third kappa shape index (κ3) is 2.28. The van der Waals surface area contributed by atoms with Crippen LogP contribution in [0.15, 0.2) is 0 Å². The Bertz CT molecular complexity index is 240. The quantitative estimate of drug-likeness (QED) is 0.771. The first-order chi connectivity index (χ1) is 7.77. The number of nitrogens with zero attached hydrogens (tertiary/aromatic N) is 1. The van der Waals surface area contributed by atoms with Crippen LogP contribution in [0.1, 0.15) is 45.4 Å². The van der Waals surface area contributed by atoms with E-state index in [0.717, 1.165) is 11.8 Å². The molecular weight excluding hydrogens is 196 g/mol. The second-order valence-electron chi connectivity index (χ2n) is 6.48. The molecule has 1 aliphatic heterocycles. The van der Waals surface area contributed by atoms with Gasteiger partial charge < -0.3 is 5.32 Å². The highest BCUT2D eigenvalue weighted by Crippen LogP contribution is 2.39. The summed E-state index contributed by atoms with van der Waals surface area (Å²) in [7, 11) is 0. The van der Waals surface area contributed by atoms with Crippen LogP contribution in [0.2, 0.25) is 0 Å². The summed E-state index contributed by atoms with van der Waals surface area (Å²) in [6.07, 6.45) is 8.68. The second kappa shape index (κ2) is 4.30. The van der Waals surface area contributed by atoms with Crippen LogP contribution >= 0.6 is 0 Å². The number of hydrogen-bond acceptors (Lipinski definition) is 2. The lowest BCUT2D eigenvalue weighted by Crippen LogP contribution is -2.61. The summed E-state index contributed by atoms with van der Waals surface area (Å²) in [6, 6.07) is 0. The average molecular weight is 222 g/mol. The molecule has 92 valence electrons. The maximum atomic E-state index is 3.83. The lowest BCUT2D eigenvalue weighted by molar-refractivity contribution is 0.0952. The molecule has 0 bridgehead atoms. The summed E-state index contributed by atoms with van der Waals surface area (Å²) in [5.41, 5.74) is 0.509. The topological polar surface area (TPSA) is 15.3 Å². The Morgan fingerprint density at radius 3 is 2.69 bits per heavy atom. The summed E-state index contributed by atoms with van der Waals surface area (Å²) < 4.78 is 0. The molecular formula is C14H26N2. The number of hydrogen-bond donors (Lipinski definition) is 1. The predicted octanol–water partition coefficient (Wildman–Crippen LogP) is 2.25. The smallest absolute Gasteiger partial charge is 0.0309 e. The zero-order valence-corrected chi connectivity index (χ0v) is 10.7. The van der Waals surface area contributed by atoms with Crippen molar-refractivity contribution in [3.63, 3.8) is 0 Å². The fraction of sp³-hybridized carbons (Fsp3) is 1.00. The largest absolute Gasteiger partial charge is 0.309 e. The van der Waals surface area contributed by atoms with Gasteiger partial charge in [0.05, 0.1) is 0 Å². The van der Waals surface area contributed by atoms with Crippen molar-refractivity contribution in [3.8, 4) is 0 Å². The molecule has 0 amide bonds. The van der Waals surface area contributed by atoms with Crippen molar-refractivity contribution < 1.29 is 0 Å². The number of piperazine rings is 1. The summed E-state index contributed by atoms with van der Waals surface area (Å²) in [6.45, 7) is 7.62. The van der Waals surface area contributed by atoms with E-state index in [1.54, 1.807) is 0 Å². The maximum absolute atomic E-state index is 3.83. The highest BCUT2D eigenvalue weighted by molar-refractivity contribution is 4.98. The fourth-order valence-electron chi connectivity index (χ4n) is 3.75. The van der Waals surface area contributed by atoms with Crippen molar-refractivity contribution in [1.82, 2.24) is 10.2 Å². The molecule has 16 heavy (non-hydrogen) atoms. The molecule has 1 heterocycles. The van der Waals surface area contributed by atoms with E-state index >= 15 is 0 Å². The molecule has 2 saturated carbocycles. The SMILES string of the molecule is CC1CC1CN1CCNC2(CCCCC2)C1. The molecule has 1 spiro atoms. The Balaban J connectivity index is 1.56. The number of nitrogens with one attached hydrogen (secondary N) is 1. The first-order valence-electron chi connectivity index (χ1n) is 7.25. The Hall–Kier alpha value is -0.0800. The van der Waals surface area contributed by atoms with Crippen molar-refractivity contribution in [2.24, 2.45) is 11.8 Å². The van der Waals surface area contributed by atoms with Gasteiger partial charge in [-0.2, -0.15) is 0 Å². The molecule has 3 rings (SSSR count). The van der Waals surface area contributed by atoms with Crippen LogP contribution in [-0.2, 0) is 0 Å². The molecule has 2 unspecified atom stereocenters. The van der Waals surface area contributed by atoms with Gasteiger partial charge in [0.15, 0.2) is 0 Å². The van der Waals surface area contributed by atoms with E-state index < -0.39 is 0 Å². The molecule has 2 heteroatoms. The van der Waals surface area contributed by atoms with Gasteiger partial charge in [0.25, 0.3) is 0 Å². The first-order valence-corrected chi connectivity index (χ1v) is 7.25. The molecule has 1 N–H and O–H groups in total. The van der Waals surface area contributed by atoms with Crippen molar-refractivity contribution in [3.05, 3.63) is 0 Å². The maximum Gasteiger partial charge on any atom is 0.0309 e. The van der Waals surface area contributed by atoms with E-state index in [1.165, 1.54) is 64.7 Å². The van der Waals surface area contributed by atoms with E-state index in [4.69, 9.17) is 0 Å². The minimum atomic E-state index is 0.509. The van der Waals surface area contributed by atoms with Crippen molar-refractivity contribution in [1.29, 1.82) is 0 Å². The highest BCUT2D eigenvalue weighted by atomic mass is 15.2. The highest BCUT2D eigenvalue weighted by Gasteiger charge is 2.39. The van der Waals surface area contributed by atoms with E-state index in [0.29, 0.717) is 5.54 Å². The van der Waals surface area contributed by atoms with Gasteiger partial charge in [-0.15, -0.1) is 0 Å². The van der Waals surface area contributed by atoms with E-state index in [1.807, 2.05) is 0 Å². The Morgan fingerprint density at radius 2 is 2.00 bits per heavy atom. The van der Waals surface area contributed by atoms with Crippen LogP contribution in [0.5, 0.6) is 0 Å². The third-order valence-electron chi connectivity index (χ3n) is 5.03. The van der Waals surface area contributed by atoms with Gasteiger partial charge in [-0.05, 0) is 31.1 Å². The summed E-state index contributed by atoms with van der Waals surface area (Å²) >= 11 is 0. The molecule has 2 atom stereocenters. The molecule has 0 aromatic carbocycles. The molecule has 2 nitrogen and oxygen atoms in total. The van der Waals surface area contributed by atoms with Crippen LogP contribution in [-0.4, -0.2) is 36.6 Å². The zero-order chi connectivity index (χ0) is 11.0. The van der Waals surface area contributed by atoms with E-state index in [2.05, 4.69) is 17.1 Å². The second-order valence-corrected chi connectivity index (χ2v) is 6.48. The van der Waals surface area contributed by atoms with Crippen LogP contribution in [0.25, 0.3) is 0 Å². The Morgan fingerprint density at radius 1 is 1.25 bits per heavy atom. The van der Waals surface area contributed by atoms with E-state index in [-0.39, 0.29) is 0 Å². The van der Waals surface area contributed by atoms with Crippen LogP contribution in [0, 0.1) is 11.8 Å². The summed E-state index contributed by atoms with van der Waals surface area (Å²) in [4.78, 5) is 2.75. The van der Waals surface area contributed by atoms with E-state index in [9.17, 15) is 0 Å². The minimum Gasteiger partial charge on any atom is -0.309 e. The molecule has 3 fully saturated rings. The van der Waals surface area contributed by atoms with Crippen molar-refractivity contribution in [2.45, 2.75) is 51.0 Å². The van der Waals surface area contributed by atoms with Gasteiger partial charge in [-0.1, -0.05) is 26.2 Å². The minimum absolute atomic E-state index is 0.509. The monoisotopic (exact) mass is 222 g/mol. The summed E-state index contributed by atoms with van der Waals surface area (Å²) in [5, 5.41) is 3.83. The van der Waals surface area contributed by atoms with Gasteiger partial charge in [0.2, 0.25) is 0 Å². The van der Waals surface area contributed by atoms with Crippen LogP contribution in [0.3, 0.4) is 0 Å². The standard InChI is InChI=1S/C14H26N2/c1-12-9-13(12)10-16-8-7-15-14(11-16)5-3-2-4-6-14/h12-13,15H,2-11H2,1H3. The normalized spacial score (nSPS) is 38.8. The lowest BCUT2D eigenvalue weighted by Gasteiger charge is -2.46. The fourth-order valence-corrected chi connectivity index (χ4v) is 3.75. The third-order valence-corrected chi connectivity index (χ3v) is 5.03. The van der Waals surface area contributed by atoms with Gasteiger partial charge >= 0.3 is 0 Å². The molecule has 2 aliphatic carbocycles. The van der Waals surface area contributed by atoms with Crippen molar-refractivity contribution >= 4 is 0 Å².